The maximum atomic E-state index is 12.1. The minimum Gasteiger partial charge on any atom is -0.348 e. The van der Waals surface area contributed by atoms with Gasteiger partial charge in [-0.15, -0.1) is 0 Å². The van der Waals surface area contributed by atoms with Gasteiger partial charge in [0.05, 0.1) is 5.69 Å². The van der Waals surface area contributed by atoms with Gasteiger partial charge in [0.2, 0.25) is 0 Å². The number of anilines is 2. The average molecular weight is 310 g/mol. The molecular weight excluding hydrogens is 292 g/mol. The highest BCUT2D eigenvalue weighted by Gasteiger charge is 2.32. The van der Waals surface area contributed by atoms with Crippen molar-refractivity contribution in [3.63, 3.8) is 0 Å². The number of imide groups is 1. The number of hydrogen-bond acceptors (Lipinski definition) is 4. The number of pyridine rings is 1. The van der Waals surface area contributed by atoms with Gasteiger partial charge in [0, 0.05) is 24.3 Å². The molecule has 1 aliphatic rings. The number of benzene rings is 1. The number of aromatic nitrogens is 1. The third-order valence-electron chi connectivity index (χ3n) is 3.71. The Hall–Kier alpha value is -2.89. The lowest BCUT2D eigenvalue weighted by atomic mass is 10.1. The molecule has 3 amide bonds. The first-order chi connectivity index (χ1) is 11.0. The molecule has 1 aromatic carbocycles. The fourth-order valence-electron chi connectivity index (χ4n) is 2.29. The maximum Gasteiger partial charge on any atom is 0.326 e. The fourth-order valence-corrected chi connectivity index (χ4v) is 2.29. The van der Waals surface area contributed by atoms with Crippen molar-refractivity contribution >= 4 is 23.4 Å². The van der Waals surface area contributed by atoms with Crippen LogP contribution in [0.2, 0.25) is 0 Å². The zero-order valence-electron chi connectivity index (χ0n) is 13.0. The Kier molecular flexibility index (Phi) is 3.97. The lowest BCUT2D eigenvalue weighted by Gasteiger charge is -2.11. The van der Waals surface area contributed by atoms with Gasteiger partial charge in [-0.25, -0.2) is 9.78 Å². The number of amides is 3. The van der Waals surface area contributed by atoms with Crippen molar-refractivity contribution in [2.75, 3.05) is 16.8 Å². The summed E-state index contributed by atoms with van der Waals surface area (Å²) in [5.74, 6) is 0.283. The Labute approximate surface area is 134 Å². The molecule has 1 aromatic heterocycles. The Morgan fingerprint density at radius 3 is 2.57 bits per heavy atom. The monoisotopic (exact) mass is 310 g/mol. The van der Waals surface area contributed by atoms with Crippen LogP contribution in [0, 0.1) is 6.92 Å². The summed E-state index contributed by atoms with van der Waals surface area (Å²) in [6.45, 7) is 4.93. The number of hydrogen-bond donors (Lipinski definition) is 2. The number of nitrogens with zero attached hydrogens (tertiary/aromatic N) is 2. The van der Waals surface area contributed by atoms with Crippen molar-refractivity contribution in [3.05, 3.63) is 53.7 Å². The van der Waals surface area contributed by atoms with E-state index >= 15 is 0 Å². The molecule has 0 aliphatic carbocycles. The fraction of sp³-hybridized carbons (Fsp3) is 0.235. The lowest BCUT2D eigenvalue weighted by Crippen LogP contribution is -2.34. The Bertz CT molecular complexity index is 743. The van der Waals surface area contributed by atoms with E-state index in [2.05, 4.69) is 27.4 Å². The van der Waals surface area contributed by atoms with Crippen LogP contribution in [0.25, 0.3) is 0 Å². The van der Waals surface area contributed by atoms with Gasteiger partial charge < -0.3 is 10.2 Å². The molecule has 1 aliphatic heterocycles. The van der Waals surface area contributed by atoms with Gasteiger partial charge in [-0.1, -0.05) is 17.7 Å². The predicted molar refractivity (Wildman–Crippen MR) is 88.7 cm³/mol. The molecule has 0 bridgehead atoms. The topological polar surface area (TPSA) is 74.1 Å². The van der Waals surface area contributed by atoms with E-state index < -0.39 is 11.9 Å². The van der Waals surface area contributed by atoms with Gasteiger partial charge in [0.25, 0.3) is 5.91 Å². The summed E-state index contributed by atoms with van der Waals surface area (Å²) in [7, 11) is 0. The van der Waals surface area contributed by atoms with Crippen molar-refractivity contribution in [1.29, 1.82) is 0 Å². The Morgan fingerprint density at radius 1 is 1.22 bits per heavy atom. The molecule has 118 valence electrons. The van der Waals surface area contributed by atoms with Crippen LogP contribution in [0.4, 0.5) is 16.3 Å². The van der Waals surface area contributed by atoms with E-state index in [1.165, 1.54) is 0 Å². The molecule has 6 nitrogen and oxygen atoms in total. The molecule has 1 atom stereocenters. The zero-order valence-corrected chi connectivity index (χ0v) is 13.0. The molecular formula is C17H18N4O2. The van der Waals surface area contributed by atoms with Crippen molar-refractivity contribution in [2.45, 2.75) is 19.9 Å². The second-order valence-corrected chi connectivity index (χ2v) is 5.65. The molecule has 0 spiro atoms. The van der Waals surface area contributed by atoms with E-state index in [0.717, 1.165) is 17.9 Å². The zero-order chi connectivity index (χ0) is 16.4. The number of aryl methyl sites for hydroxylation is 1. The molecule has 23 heavy (non-hydrogen) atoms. The van der Waals surface area contributed by atoms with Gasteiger partial charge in [-0.2, -0.15) is 0 Å². The molecule has 0 saturated carbocycles. The largest absolute Gasteiger partial charge is 0.348 e. The smallest absolute Gasteiger partial charge is 0.326 e. The van der Waals surface area contributed by atoms with E-state index in [4.69, 9.17) is 0 Å². The first-order valence-electron chi connectivity index (χ1n) is 7.45. The van der Waals surface area contributed by atoms with Crippen molar-refractivity contribution in [3.8, 4) is 0 Å². The van der Waals surface area contributed by atoms with E-state index in [9.17, 15) is 9.59 Å². The first-order valence-corrected chi connectivity index (χ1v) is 7.45. The second-order valence-electron chi connectivity index (χ2n) is 5.65. The van der Waals surface area contributed by atoms with Crippen LogP contribution in [0.15, 0.2) is 42.6 Å². The molecule has 2 N–H and O–H groups in total. The SMILES string of the molecule is Cc1ccc(C(=O)NC(=O)Nc2cccnc2N2CC2C)cc1. The first kappa shape index (κ1) is 15.0. The summed E-state index contributed by atoms with van der Waals surface area (Å²) >= 11 is 0. The van der Waals surface area contributed by atoms with Crippen molar-refractivity contribution in [1.82, 2.24) is 10.3 Å². The second kappa shape index (κ2) is 6.08. The number of carbonyl (C=O) groups is 2. The van der Waals surface area contributed by atoms with Crippen LogP contribution >= 0.6 is 0 Å². The maximum absolute atomic E-state index is 12.1. The highest BCUT2D eigenvalue weighted by Crippen LogP contribution is 2.31. The van der Waals surface area contributed by atoms with Crippen LogP contribution in [0.1, 0.15) is 22.8 Å². The van der Waals surface area contributed by atoms with Gasteiger partial charge in [0.15, 0.2) is 5.82 Å². The Balaban J connectivity index is 1.66. The highest BCUT2D eigenvalue weighted by molar-refractivity contribution is 6.08. The molecule has 0 radical (unpaired) electrons. The average Bonchev–Trinajstić information content (AvgIpc) is 3.25. The summed E-state index contributed by atoms with van der Waals surface area (Å²) in [6, 6.07) is 10.4. The minimum atomic E-state index is -0.570. The van der Waals surface area contributed by atoms with Crippen LogP contribution in [0.5, 0.6) is 0 Å². The molecule has 1 fully saturated rings. The van der Waals surface area contributed by atoms with E-state index in [0.29, 0.717) is 17.3 Å². The summed E-state index contributed by atoms with van der Waals surface area (Å²) in [4.78, 5) is 30.4. The molecule has 2 aromatic rings. The quantitative estimate of drug-likeness (QED) is 0.855. The number of nitrogens with one attached hydrogen (secondary N) is 2. The summed E-state index contributed by atoms with van der Waals surface area (Å²) in [5, 5.41) is 5.02. The molecule has 3 rings (SSSR count). The molecule has 1 unspecified atom stereocenters. The molecule has 1 saturated heterocycles. The minimum absolute atomic E-state index is 0.419. The summed E-state index contributed by atoms with van der Waals surface area (Å²) in [5.41, 5.74) is 2.08. The van der Waals surface area contributed by atoms with Crippen LogP contribution in [-0.4, -0.2) is 29.5 Å². The van der Waals surface area contributed by atoms with E-state index in [1.807, 2.05) is 19.1 Å². The molecule has 6 heteroatoms. The highest BCUT2D eigenvalue weighted by atomic mass is 16.2. The summed E-state index contributed by atoms with van der Waals surface area (Å²) < 4.78 is 0. The lowest BCUT2D eigenvalue weighted by molar-refractivity contribution is 0.0967. The van der Waals surface area contributed by atoms with Crippen LogP contribution in [0.3, 0.4) is 0 Å². The normalized spacial score (nSPS) is 15.9. The number of urea groups is 1. The predicted octanol–water partition coefficient (Wildman–Crippen LogP) is 2.56. The van der Waals surface area contributed by atoms with E-state index in [1.54, 1.807) is 30.5 Å². The Morgan fingerprint density at radius 2 is 1.91 bits per heavy atom. The van der Waals surface area contributed by atoms with Gasteiger partial charge in [-0.05, 0) is 38.1 Å². The van der Waals surface area contributed by atoms with E-state index in [-0.39, 0.29) is 0 Å². The van der Waals surface area contributed by atoms with Gasteiger partial charge in [-0.3, -0.25) is 10.1 Å². The van der Waals surface area contributed by atoms with Gasteiger partial charge >= 0.3 is 6.03 Å². The standard InChI is InChI=1S/C17H18N4O2/c1-11-5-7-13(8-6-11)16(22)20-17(23)19-14-4-3-9-18-15(14)21-10-12(21)2/h3-9,12H,10H2,1-2H3,(H2,19,20,22,23). The summed E-state index contributed by atoms with van der Waals surface area (Å²) in [6.07, 6.45) is 1.68. The number of carbonyl (C=O) groups excluding carboxylic acids is 2. The number of rotatable bonds is 3. The third-order valence-corrected chi connectivity index (χ3v) is 3.71. The van der Waals surface area contributed by atoms with Crippen LogP contribution < -0.4 is 15.5 Å². The van der Waals surface area contributed by atoms with Crippen molar-refractivity contribution in [2.24, 2.45) is 0 Å². The van der Waals surface area contributed by atoms with Gasteiger partial charge in [0.1, 0.15) is 0 Å². The molecule has 2 heterocycles. The van der Waals surface area contributed by atoms with Crippen LogP contribution in [-0.2, 0) is 0 Å². The third kappa shape index (κ3) is 3.48. The van der Waals surface area contributed by atoms with Crippen molar-refractivity contribution < 1.29 is 9.59 Å².